The number of hydrogen-bond donors (Lipinski definition) is 3. The largest absolute Gasteiger partial charge is 0.478 e. The lowest BCUT2D eigenvalue weighted by Gasteiger charge is -2.11. The van der Waals surface area contributed by atoms with Gasteiger partial charge in [-0.05, 0) is 29.6 Å². The second-order valence-corrected chi connectivity index (χ2v) is 4.96. The summed E-state index contributed by atoms with van der Waals surface area (Å²) in [4.78, 5) is 23.2. The maximum atomic E-state index is 13.5. The molecule has 1 heterocycles. The third-order valence-corrected chi connectivity index (χ3v) is 3.55. The first-order chi connectivity index (χ1) is 9.49. The zero-order valence-electron chi connectivity index (χ0n) is 10.2. The number of anilines is 1. The number of carboxylic acid groups (broad SMARTS) is 1. The highest BCUT2D eigenvalue weighted by Crippen LogP contribution is 2.20. The number of carbonyl (C=O) groups excluding carboxylic acids is 1. The number of rotatable bonds is 4. The lowest BCUT2D eigenvalue weighted by atomic mass is 10.2. The number of benzene rings is 1. The van der Waals surface area contributed by atoms with Crippen molar-refractivity contribution < 1.29 is 19.1 Å². The van der Waals surface area contributed by atoms with Gasteiger partial charge >= 0.3 is 5.97 Å². The number of nitrogens with two attached hydrogens (primary N) is 1. The zero-order chi connectivity index (χ0) is 14.7. The van der Waals surface area contributed by atoms with Crippen molar-refractivity contribution in [1.29, 1.82) is 0 Å². The average Bonchev–Trinajstić information content (AvgIpc) is 2.91. The minimum Gasteiger partial charge on any atom is -0.478 e. The fourth-order valence-corrected chi connectivity index (χ4v) is 2.31. The van der Waals surface area contributed by atoms with Crippen LogP contribution in [0.5, 0.6) is 0 Å². The van der Waals surface area contributed by atoms with E-state index in [2.05, 4.69) is 5.32 Å². The molecular weight excluding hydrogens is 283 g/mol. The molecular formula is C13H11FN2O3S. The Morgan fingerprint density at radius 3 is 2.65 bits per heavy atom. The second kappa shape index (κ2) is 5.81. The van der Waals surface area contributed by atoms with Gasteiger partial charge in [-0.2, -0.15) is 0 Å². The van der Waals surface area contributed by atoms with Crippen LogP contribution in [-0.2, 0) is 4.79 Å². The van der Waals surface area contributed by atoms with Gasteiger partial charge in [0.05, 0.1) is 5.56 Å². The summed E-state index contributed by atoms with van der Waals surface area (Å²) in [5, 5.41) is 12.9. The number of halogens is 1. The first kappa shape index (κ1) is 14.2. The van der Waals surface area contributed by atoms with Crippen LogP contribution in [0.2, 0.25) is 0 Å². The van der Waals surface area contributed by atoms with E-state index in [1.807, 2.05) is 0 Å². The predicted octanol–water partition coefficient (Wildman–Crippen LogP) is 2.22. The Morgan fingerprint density at radius 2 is 2.10 bits per heavy atom. The smallest absolute Gasteiger partial charge is 0.338 e. The van der Waals surface area contributed by atoms with Gasteiger partial charge in [0, 0.05) is 10.6 Å². The number of amides is 1. The summed E-state index contributed by atoms with van der Waals surface area (Å²) in [6.45, 7) is 0. The van der Waals surface area contributed by atoms with Crippen LogP contribution < -0.4 is 11.1 Å². The number of aromatic carboxylic acids is 1. The molecule has 0 aliphatic heterocycles. The summed E-state index contributed by atoms with van der Waals surface area (Å²) >= 11 is 1.34. The minimum atomic E-state index is -1.37. The first-order valence-electron chi connectivity index (χ1n) is 5.61. The summed E-state index contributed by atoms with van der Waals surface area (Å²) in [6, 6.07) is 5.99. The highest BCUT2D eigenvalue weighted by atomic mass is 32.1. The number of hydrogen-bond acceptors (Lipinski definition) is 4. The Labute approximate surface area is 117 Å². The van der Waals surface area contributed by atoms with Crippen LogP contribution in [0.25, 0.3) is 0 Å². The second-order valence-electron chi connectivity index (χ2n) is 3.98. The van der Waals surface area contributed by atoms with Gasteiger partial charge < -0.3 is 16.2 Å². The van der Waals surface area contributed by atoms with Crippen LogP contribution >= 0.6 is 11.3 Å². The van der Waals surface area contributed by atoms with E-state index in [0.717, 1.165) is 12.1 Å². The average molecular weight is 294 g/mol. The maximum Gasteiger partial charge on any atom is 0.338 e. The molecule has 4 N–H and O–H groups in total. The van der Waals surface area contributed by atoms with Gasteiger partial charge in [0.25, 0.3) is 0 Å². The van der Waals surface area contributed by atoms with E-state index in [9.17, 15) is 14.0 Å². The Hall–Kier alpha value is -2.25. The Morgan fingerprint density at radius 1 is 1.35 bits per heavy atom. The molecule has 1 aromatic heterocycles. The molecule has 104 valence electrons. The number of carboxylic acids is 1. The van der Waals surface area contributed by atoms with Crippen LogP contribution in [0.4, 0.5) is 10.1 Å². The van der Waals surface area contributed by atoms with Crippen molar-refractivity contribution in [2.75, 3.05) is 5.32 Å². The van der Waals surface area contributed by atoms with E-state index in [4.69, 9.17) is 10.8 Å². The number of thiophene rings is 1. The van der Waals surface area contributed by atoms with Gasteiger partial charge in [-0.3, -0.25) is 4.79 Å². The van der Waals surface area contributed by atoms with Gasteiger partial charge in [-0.25, -0.2) is 9.18 Å². The molecule has 0 radical (unpaired) electrons. The molecule has 2 rings (SSSR count). The van der Waals surface area contributed by atoms with Crippen LogP contribution in [0.3, 0.4) is 0 Å². The van der Waals surface area contributed by atoms with Crippen molar-refractivity contribution in [3.63, 3.8) is 0 Å². The van der Waals surface area contributed by atoms with Crippen molar-refractivity contribution in [3.05, 3.63) is 52.0 Å². The van der Waals surface area contributed by atoms with Crippen molar-refractivity contribution in [1.82, 2.24) is 0 Å². The summed E-state index contributed by atoms with van der Waals surface area (Å²) in [6.07, 6.45) is 0. The van der Waals surface area contributed by atoms with E-state index >= 15 is 0 Å². The molecule has 0 saturated heterocycles. The third-order valence-electron chi connectivity index (χ3n) is 2.60. The molecule has 0 saturated carbocycles. The van der Waals surface area contributed by atoms with Crippen LogP contribution in [0.1, 0.15) is 21.3 Å². The molecule has 7 heteroatoms. The summed E-state index contributed by atoms with van der Waals surface area (Å²) in [5.41, 5.74) is 5.46. The number of carbonyl (C=O) groups is 2. The lowest BCUT2D eigenvalue weighted by Crippen LogP contribution is -2.27. The van der Waals surface area contributed by atoms with Crippen molar-refractivity contribution in [3.8, 4) is 0 Å². The minimum absolute atomic E-state index is 0.157. The van der Waals surface area contributed by atoms with Crippen LogP contribution in [-0.4, -0.2) is 17.0 Å². The van der Waals surface area contributed by atoms with Gasteiger partial charge in [0.1, 0.15) is 11.9 Å². The fourth-order valence-electron chi connectivity index (χ4n) is 1.58. The standard InChI is InChI=1S/C13H11FN2O3S/c14-9-6-7(3-4-8(9)13(18)19)16-12(17)11(15)10-2-1-5-20-10/h1-6,11H,15H2,(H,16,17)(H,18,19). The predicted molar refractivity (Wildman–Crippen MR) is 73.2 cm³/mol. The molecule has 0 aliphatic rings. The monoisotopic (exact) mass is 294 g/mol. The van der Waals surface area contributed by atoms with E-state index in [-0.39, 0.29) is 5.69 Å². The van der Waals surface area contributed by atoms with Gasteiger partial charge in [-0.15, -0.1) is 11.3 Å². The molecule has 0 spiro atoms. The van der Waals surface area contributed by atoms with Gasteiger partial charge in [0.2, 0.25) is 5.91 Å². The van der Waals surface area contributed by atoms with Crippen molar-refractivity contribution in [2.45, 2.75) is 6.04 Å². The molecule has 2 aromatic rings. The van der Waals surface area contributed by atoms with Crippen molar-refractivity contribution >= 4 is 28.9 Å². The highest BCUT2D eigenvalue weighted by molar-refractivity contribution is 7.10. The maximum absolute atomic E-state index is 13.5. The molecule has 1 unspecified atom stereocenters. The van der Waals surface area contributed by atoms with E-state index in [0.29, 0.717) is 4.88 Å². The van der Waals surface area contributed by atoms with Gasteiger partial charge in [-0.1, -0.05) is 6.07 Å². The zero-order valence-corrected chi connectivity index (χ0v) is 11.0. The molecule has 1 amide bonds. The SMILES string of the molecule is NC(C(=O)Nc1ccc(C(=O)O)c(F)c1)c1cccs1. The molecule has 1 atom stereocenters. The first-order valence-corrected chi connectivity index (χ1v) is 6.49. The number of nitrogens with one attached hydrogen (secondary N) is 1. The fraction of sp³-hybridized carbons (Fsp3) is 0.0769. The van der Waals surface area contributed by atoms with E-state index in [1.165, 1.54) is 17.4 Å². The third kappa shape index (κ3) is 3.01. The van der Waals surface area contributed by atoms with Gasteiger partial charge in [0.15, 0.2) is 0 Å². The summed E-state index contributed by atoms with van der Waals surface area (Å²) in [7, 11) is 0. The van der Waals surface area contributed by atoms with Crippen LogP contribution in [0, 0.1) is 5.82 Å². The molecule has 0 bridgehead atoms. The highest BCUT2D eigenvalue weighted by Gasteiger charge is 2.18. The molecule has 0 aliphatic carbocycles. The molecule has 20 heavy (non-hydrogen) atoms. The normalized spacial score (nSPS) is 11.9. The topological polar surface area (TPSA) is 92.4 Å². The molecule has 1 aromatic carbocycles. The summed E-state index contributed by atoms with van der Waals surface area (Å²) in [5.74, 6) is -2.77. The quantitative estimate of drug-likeness (QED) is 0.806. The van der Waals surface area contributed by atoms with E-state index < -0.39 is 29.3 Å². The Bertz CT molecular complexity index is 643. The lowest BCUT2D eigenvalue weighted by molar-refractivity contribution is -0.117. The Balaban J connectivity index is 2.12. The van der Waals surface area contributed by atoms with E-state index in [1.54, 1.807) is 17.5 Å². The molecule has 5 nitrogen and oxygen atoms in total. The Kier molecular flexibility index (Phi) is 4.11. The summed E-state index contributed by atoms with van der Waals surface area (Å²) < 4.78 is 13.5. The van der Waals surface area contributed by atoms with Crippen molar-refractivity contribution in [2.24, 2.45) is 5.73 Å². The molecule has 0 fully saturated rings. The van der Waals surface area contributed by atoms with Crippen LogP contribution in [0.15, 0.2) is 35.7 Å².